The van der Waals surface area contributed by atoms with E-state index >= 15 is 0 Å². The average Bonchev–Trinajstić information content (AvgIpc) is 3.22. The Kier molecular flexibility index (Phi) is 7.26. The van der Waals surface area contributed by atoms with Gasteiger partial charge in [-0.1, -0.05) is 18.2 Å². The van der Waals surface area contributed by atoms with Crippen LogP contribution in [0, 0.1) is 5.92 Å². The third-order valence-corrected chi connectivity index (χ3v) is 7.62. The minimum atomic E-state index is -3.69. The number of piperidine rings is 1. The van der Waals surface area contributed by atoms with Crippen LogP contribution >= 0.6 is 0 Å². The predicted molar refractivity (Wildman–Crippen MR) is 117 cm³/mol. The highest BCUT2D eigenvalue weighted by atomic mass is 32.2. The first-order chi connectivity index (χ1) is 14.6. The average molecular weight is 452 g/mol. The van der Waals surface area contributed by atoms with Crippen molar-refractivity contribution in [1.82, 2.24) is 14.5 Å². The van der Waals surface area contributed by atoms with Gasteiger partial charge in [0.2, 0.25) is 15.9 Å². The van der Waals surface area contributed by atoms with Gasteiger partial charge >= 0.3 is 6.09 Å². The van der Waals surface area contributed by atoms with Gasteiger partial charge in [0.15, 0.2) is 0 Å². The Morgan fingerprint density at radius 3 is 2.32 bits per heavy atom. The molecule has 1 aromatic rings. The zero-order valence-corrected chi connectivity index (χ0v) is 19.4. The Morgan fingerprint density at radius 2 is 1.71 bits per heavy atom. The predicted octanol–water partition coefficient (Wildman–Crippen LogP) is 2.60. The molecule has 1 N–H and O–H groups in total. The largest absolute Gasteiger partial charge is 0.444 e. The summed E-state index contributed by atoms with van der Waals surface area (Å²) in [5.41, 5.74) is -0.535. The summed E-state index contributed by atoms with van der Waals surface area (Å²) in [5, 5.41) is 2.80. The highest BCUT2D eigenvalue weighted by molar-refractivity contribution is 7.89. The van der Waals surface area contributed by atoms with E-state index in [9.17, 15) is 18.0 Å². The van der Waals surface area contributed by atoms with Crippen molar-refractivity contribution < 1.29 is 22.7 Å². The van der Waals surface area contributed by atoms with Gasteiger partial charge in [-0.05, 0) is 64.5 Å². The summed E-state index contributed by atoms with van der Waals surface area (Å²) in [6.07, 6.45) is 2.32. The molecule has 2 aliphatic heterocycles. The third-order valence-electron chi connectivity index (χ3n) is 5.70. The molecule has 2 fully saturated rings. The summed E-state index contributed by atoms with van der Waals surface area (Å²) in [7, 11) is -3.69. The molecule has 2 amide bonds. The number of ether oxygens (including phenoxy) is 1. The number of benzene rings is 1. The molecule has 2 saturated heterocycles. The van der Waals surface area contributed by atoms with Crippen LogP contribution in [0.25, 0.3) is 0 Å². The lowest BCUT2D eigenvalue weighted by atomic mass is 9.96. The summed E-state index contributed by atoms with van der Waals surface area (Å²) in [5.74, 6) is 0.153. The van der Waals surface area contributed by atoms with Crippen molar-refractivity contribution in [1.29, 1.82) is 0 Å². The standard InChI is InChI=1S/C22H33N3O5S/c1-22(2,3)30-21(27)23-16-17-11-14-24(15-12-17)20(26)19-10-7-13-25(19)31(28,29)18-8-5-4-6-9-18/h4-6,8-9,17,19H,7,10-16H2,1-3H3,(H,23,27). The van der Waals surface area contributed by atoms with Crippen molar-refractivity contribution in [2.45, 2.75) is 63.0 Å². The number of carbonyl (C=O) groups is 2. The van der Waals surface area contributed by atoms with E-state index in [0.29, 0.717) is 39.0 Å². The van der Waals surface area contributed by atoms with Crippen LogP contribution in [0.15, 0.2) is 35.2 Å². The molecule has 1 aromatic carbocycles. The highest BCUT2D eigenvalue weighted by Gasteiger charge is 2.41. The van der Waals surface area contributed by atoms with E-state index in [1.807, 2.05) is 20.8 Å². The van der Waals surface area contributed by atoms with Gasteiger partial charge in [-0.3, -0.25) is 4.79 Å². The van der Waals surface area contributed by atoms with Crippen molar-refractivity contribution in [3.05, 3.63) is 30.3 Å². The fourth-order valence-electron chi connectivity index (χ4n) is 4.11. The molecule has 0 aliphatic carbocycles. The molecule has 0 spiro atoms. The molecular formula is C22H33N3O5S. The van der Waals surface area contributed by atoms with Crippen LogP contribution in [0.4, 0.5) is 4.79 Å². The number of nitrogens with zero attached hydrogens (tertiary/aromatic N) is 2. The van der Waals surface area contributed by atoms with Crippen molar-refractivity contribution in [3.8, 4) is 0 Å². The fourth-order valence-corrected chi connectivity index (χ4v) is 5.78. The van der Waals surface area contributed by atoms with Gasteiger partial charge in [-0.15, -0.1) is 0 Å². The third kappa shape index (κ3) is 5.98. The van der Waals surface area contributed by atoms with Gasteiger partial charge in [0.1, 0.15) is 11.6 Å². The molecule has 172 valence electrons. The zero-order chi connectivity index (χ0) is 22.6. The lowest BCUT2D eigenvalue weighted by Crippen LogP contribution is -2.50. The molecule has 0 saturated carbocycles. The van der Waals surface area contributed by atoms with Crippen molar-refractivity contribution in [2.75, 3.05) is 26.2 Å². The maximum absolute atomic E-state index is 13.1. The molecule has 0 bridgehead atoms. The summed E-state index contributed by atoms with van der Waals surface area (Å²) in [4.78, 5) is 27.0. The van der Waals surface area contributed by atoms with Crippen LogP contribution in [0.1, 0.15) is 46.5 Å². The molecule has 2 heterocycles. The minimum Gasteiger partial charge on any atom is -0.444 e. The van der Waals surface area contributed by atoms with Gasteiger partial charge < -0.3 is 15.0 Å². The topological polar surface area (TPSA) is 96.0 Å². The van der Waals surface area contributed by atoms with E-state index in [-0.39, 0.29) is 16.7 Å². The number of alkyl carbamates (subject to hydrolysis) is 1. The normalized spacial score (nSPS) is 21.1. The molecule has 0 aromatic heterocycles. The van der Waals surface area contributed by atoms with Crippen molar-refractivity contribution in [2.24, 2.45) is 5.92 Å². The van der Waals surface area contributed by atoms with E-state index in [4.69, 9.17) is 4.74 Å². The Balaban J connectivity index is 1.54. The van der Waals surface area contributed by atoms with Crippen LogP contribution in [-0.4, -0.2) is 67.4 Å². The summed E-state index contributed by atoms with van der Waals surface area (Å²) >= 11 is 0. The number of rotatable bonds is 5. The van der Waals surface area contributed by atoms with Crippen molar-refractivity contribution >= 4 is 22.0 Å². The van der Waals surface area contributed by atoms with Gasteiger partial charge in [0.25, 0.3) is 0 Å². The second-order valence-electron chi connectivity index (χ2n) is 9.24. The SMILES string of the molecule is CC(C)(C)OC(=O)NCC1CCN(C(=O)C2CCCN2S(=O)(=O)c2ccccc2)CC1. The summed E-state index contributed by atoms with van der Waals surface area (Å²) < 4.78 is 32.7. The Labute approximate surface area is 185 Å². The maximum Gasteiger partial charge on any atom is 0.407 e. The number of amides is 2. The van der Waals surface area contributed by atoms with Crippen LogP contribution in [0.3, 0.4) is 0 Å². The first-order valence-corrected chi connectivity index (χ1v) is 12.3. The summed E-state index contributed by atoms with van der Waals surface area (Å²) in [6, 6.07) is 7.65. The van der Waals surface area contributed by atoms with Gasteiger partial charge in [-0.2, -0.15) is 4.31 Å². The minimum absolute atomic E-state index is 0.115. The molecule has 1 unspecified atom stereocenters. The van der Waals surface area contributed by atoms with E-state index < -0.39 is 27.8 Å². The van der Waals surface area contributed by atoms with E-state index in [0.717, 1.165) is 12.8 Å². The van der Waals surface area contributed by atoms with E-state index in [1.54, 1.807) is 35.2 Å². The lowest BCUT2D eigenvalue weighted by Gasteiger charge is -2.35. The molecule has 9 heteroatoms. The summed E-state index contributed by atoms with van der Waals surface area (Å²) in [6.45, 7) is 7.46. The Morgan fingerprint density at radius 1 is 1.06 bits per heavy atom. The Hall–Kier alpha value is -2.13. The smallest absolute Gasteiger partial charge is 0.407 e. The fraction of sp³-hybridized carbons (Fsp3) is 0.636. The molecule has 0 radical (unpaired) electrons. The van der Waals surface area contributed by atoms with Crippen LogP contribution in [0.5, 0.6) is 0 Å². The lowest BCUT2D eigenvalue weighted by molar-refractivity contribution is -0.136. The number of nitrogens with one attached hydrogen (secondary N) is 1. The first kappa shape index (κ1) is 23.5. The number of hydrogen-bond donors (Lipinski definition) is 1. The Bertz CT molecular complexity index is 874. The van der Waals surface area contributed by atoms with Crippen LogP contribution in [-0.2, 0) is 19.6 Å². The van der Waals surface area contributed by atoms with Crippen LogP contribution in [0.2, 0.25) is 0 Å². The van der Waals surface area contributed by atoms with Crippen molar-refractivity contribution in [3.63, 3.8) is 0 Å². The quantitative estimate of drug-likeness (QED) is 0.742. The first-order valence-electron chi connectivity index (χ1n) is 10.9. The molecule has 3 rings (SSSR count). The molecule has 31 heavy (non-hydrogen) atoms. The second-order valence-corrected chi connectivity index (χ2v) is 11.1. The number of likely N-dealkylation sites (tertiary alicyclic amines) is 1. The molecule has 8 nitrogen and oxygen atoms in total. The van der Waals surface area contributed by atoms with Crippen LogP contribution < -0.4 is 5.32 Å². The molecule has 1 atom stereocenters. The number of sulfonamides is 1. The maximum atomic E-state index is 13.1. The van der Waals surface area contributed by atoms with E-state index in [2.05, 4.69) is 5.32 Å². The van der Waals surface area contributed by atoms with Gasteiger partial charge in [0, 0.05) is 26.2 Å². The molecule has 2 aliphatic rings. The zero-order valence-electron chi connectivity index (χ0n) is 18.5. The monoisotopic (exact) mass is 451 g/mol. The molecular weight excluding hydrogens is 418 g/mol. The highest BCUT2D eigenvalue weighted by Crippen LogP contribution is 2.28. The second kappa shape index (κ2) is 9.56. The van der Waals surface area contributed by atoms with Gasteiger partial charge in [-0.25, -0.2) is 13.2 Å². The van der Waals surface area contributed by atoms with E-state index in [1.165, 1.54) is 4.31 Å². The number of hydrogen-bond acceptors (Lipinski definition) is 5. The number of carbonyl (C=O) groups excluding carboxylic acids is 2. The van der Waals surface area contributed by atoms with Gasteiger partial charge in [0.05, 0.1) is 4.90 Å².